The highest BCUT2D eigenvalue weighted by molar-refractivity contribution is 5.75. The molecule has 3 heterocycles. The van der Waals surface area contributed by atoms with Gasteiger partial charge in [-0.15, -0.1) is 13.2 Å². The second-order valence-corrected chi connectivity index (χ2v) is 8.95. The summed E-state index contributed by atoms with van der Waals surface area (Å²) in [6.07, 6.45) is -3.20. The Morgan fingerprint density at radius 2 is 1.94 bits per heavy atom. The Morgan fingerprint density at radius 3 is 2.66 bits per heavy atom. The molecule has 0 radical (unpaired) electrons. The van der Waals surface area contributed by atoms with Crippen molar-refractivity contribution < 1.29 is 37.1 Å². The third-order valence-corrected chi connectivity index (χ3v) is 6.38. The number of carbonyl (C=O) groups is 1. The van der Waals surface area contributed by atoms with Gasteiger partial charge in [-0.05, 0) is 37.0 Å². The number of hydrogen-bond acceptors (Lipinski definition) is 7. The molecular weight excluding hydrogens is 469 g/mol. The number of aromatic nitrogens is 2. The van der Waals surface area contributed by atoms with E-state index in [0.29, 0.717) is 75.7 Å². The lowest BCUT2D eigenvalue weighted by atomic mass is 9.84. The number of methoxy groups -OCH3 is 1. The van der Waals surface area contributed by atoms with E-state index in [1.54, 1.807) is 23.0 Å². The summed E-state index contributed by atoms with van der Waals surface area (Å²) in [6, 6.07) is 5.67. The fraction of sp³-hybridized carbons (Fsp3) is 0.609. The van der Waals surface area contributed by atoms with Crippen LogP contribution in [0.15, 0.2) is 28.8 Å². The van der Waals surface area contributed by atoms with Gasteiger partial charge in [-0.2, -0.15) is 4.98 Å². The Labute approximate surface area is 200 Å². The van der Waals surface area contributed by atoms with Gasteiger partial charge in [0.2, 0.25) is 5.89 Å². The van der Waals surface area contributed by atoms with Crippen molar-refractivity contribution >= 4 is 6.03 Å². The first-order chi connectivity index (χ1) is 16.7. The second kappa shape index (κ2) is 10.8. The molecule has 0 bridgehead atoms. The Kier molecular flexibility index (Phi) is 7.80. The minimum atomic E-state index is -4.79. The molecule has 2 aliphatic rings. The van der Waals surface area contributed by atoms with Gasteiger partial charge in [0.25, 0.3) is 0 Å². The number of amides is 2. The molecule has 2 aliphatic heterocycles. The Hall–Kier alpha value is -2.86. The van der Waals surface area contributed by atoms with Crippen molar-refractivity contribution in [1.82, 2.24) is 19.9 Å². The van der Waals surface area contributed by atoms with Gasteiger partial charge < -0.3 is 28.9 Å². The van der Waals surface area contributed by atoms with E-state index in [0.717, 1.165) is 0 Å². The molecule has 35 heavy (non-hydrogen) atoms. The number of aliphatic hydroxyl groups is 1. The first kappa shape index (κ1) is 25.2. The molecule has 0 aliphatic carbocycles. The van der Waals surface area contributed by atoms with E-state index >= 15 is 0 Å². The first-order valence-electron chi connectivity index (χ1n) is 11.6. The van der Waals surface area contributed by atoms with Gasteiger partial charge >= 0.3 is 12.4 Å². The monoisotopic (exact) mass is 498 g/mol. The van der Waals surface area contributed by atoms with Gasteiger partial charge in [0, 0.05) is 45.6 Å². The molecule has 1 N–H and O–H groups in total. The van der Waals surface area contributed by atoms with Crippen LogP contribution in [0.4, 0.5) is 18.0 Å². The normalized spacial score (nSPS) is 21.9. The van der Waals surface area contributed by atoms with E-state index in [1.165, 1.54) is 18.2 Å². The lowest BCUT2D eigenvalue weighted by Gasteiger charge is -2.40. The van der Waals surface area contributed by atoms with Gasteiger partial charge in [0.15, 0.2) is 5.82 Å². The van der Waals surface area contributed by atoms with Crippen LogP contribution in [0.1, 0.15) is 48.4 Å². The van der Waals surface area contributed by atoms with Crippen LogP contribution >= 0.6 is 0 Å². The number of halogens is 3. The molecule has 0 spiro atoms. The molecule has 1 aromatic carbocycles. The van der Waals surface area contributed by atoms with Crippen LogP contribution in [-0.2, 0) is 11.2 Å². The summed E-state index contributed by atoms with van der Waals surface area (Å²) in [5, 5.41) is 13.8. The third-order valence-electron chi connectivity index (χ3n) is 6.38. The van der Waals surface area contributed by atoms with E-state index in [2.05, 4.69) is 14.9 Å². The zero-order valence-corrected chi connectivity index (χ0v) is 19.4. The van der Waals surface area contributed by atoms with E-state index in [4.69, 9.17) is 9.26 Å². The summed E-state index contributed by atoms with van der Waals surface area (Å²) in [7, 11) is 1.58. The van der Waals surface area contributed by atoms with Crippen molar-refractivity contribution in [2.24, 2.45) is 0 Å². The van der Waals surface area contributed by atoms with Crippen LogP contribution in [0.2, 0.25) is 0 Å². The number of carbonyl (C=O) groups excluding carboxylic acids is 1. The Bertz CT molecular complexity index is 994. The third kappa shape index (κ3) is 6.63. The van der Waals surface area contributed by atoms with Crippen molar-refractivity contribution in [2.45, 2.75) is 50.0 Å². The molecule has 2 amide bonds. The fourth-order valence-corrected chi connectivity index (χ4v) is 4.63. The predicted molar refractivity (Wildman–Crippen MR) is 117 cm³/mol. The lowest BCUT2D eigenvalue weighted by molar-refractivity contribution is -0.274. The number of hydrogen-bond donors (Lipinski definition) is 1. The highest BCUT2D eigenvalue weighted by atomic mass is 19.4. The van der Waals surface area contributed by atoms with Crippen molar-refractivity contribution in [3.05, 3.63) is 41.5 Å². The summed E-state index contributed by atoms with van der Waals surface area (Å²) >= 11 is 0. The average molecular weight is 499 g/mol. The van der Waals surface area contributed by atoms with Gasteiger partial charge in [-0.25, -0.2) is 4.79 Å². The maximum Gasteiger partial charge on any atom is 0.573 e. The molecule has 2 unspecified atom stereocenters. The number of rotatable bonds is 6. The van der Waals surface area contributed by atoms with Crippen LogP contribution < -0.4 is 4.74 Å². The standard InChI is InChI=1S/C23H29F3N4O5/c1-33-10-7-20-27-21(35-28-20)17-11-16(15-3-2-4-19(12-15)34-23(24,25)26)13-30(14-17)22(32)29-8-5-18(31)6-9-29/h2-4,12,16-18,31H,5-11,13-14H2,1H3. The predicted octanol–water partition coefficient (Wildman–Crippen LogP) is 3.31. The number of nitrogens with zero attached hydrogens (tertiary/aromatic N) is 4. The number of likely N-dealkylation sites (tertiary alicyclic amines) is 2. The van der Waals surface area contributed by atoms with Gasteiger partial charge in [-0.1, -0.05) is 17.3 Å². The molecule has 2 aromatic rings. The van der Waals surface area contributed by atoms with E-state index in [1.807, 2.05) is 0 Å². The van der Waals surface area contributed by atoms with Crippen LogP contribution in [0.5, 0.6) is 5.75 Å². The second-order valence-electron chi connectivity index (χ2n) is 8.95. The Morgan fingerprint density at radius 1 is 1.20 bits per heavy atom. The number of alkyl halides is 3. The largest absolute Gasteiger partial charge is 0.573 e. The minimum Gasteiger partial charge on any atom is -0.406 e. The summed E-state index contributed by atoms with van der Waals surface area (Å²) in [5.74, 6) is 0.0192. The first-order valence-corrected chi connectivity index (χ1v) is 11.6. The fourth-order valence-electron chi connectivity index (χ4n) is 4.63. The van der Waals surface area contributed by atoms with Crippen LogP contribution in [0, 0.1) is 0 Å². The number of aliphatic hydroxyl groups excluding tert-OH is 1. The SMILES string of the molecule is COCCc1noc(C2CC(c3cccc(OC(F)(F)F)c3)CN(C(=O)N3CCC(O)CC3)C2)n1. The highest BCUT2D eigenvalue weighted by Gasteiger charge is 2.37. The highest BCUT2D eigenvalue weighted by Crippen LogP contribution is 2.37. The molecule has 1 aromatic heterocycles. The van der Waals surface area contributed by atoms with Crippen LogP contribution in [0.25, 0.3) is 0 Å². The van der Waals surface area contributed by atoms with Crippen molar-refractivity contribution in [1.29, 1.82) is 0 Å². The molecule has 0 saturated carbocycles. The molecule has 2 saturated heterocycles. The summed E-state index contributed by atoms with van der Waals surface area (Å²) in [5.41, 5.74) is 0.627. The van der Waals surface area contributed by atoms with E-state index in [9.17, 15) is 23.1 Å². The van der Waals surface area contributed by atoms with Crippen molar-refractivity contribution in [2.75, 3.05) is 39.9 Å². The topological polar surface area (TPSA) is 101 Å². The smallest absolute Gasteiger partial charge is 0.406 e. The number of ether oxygens (including phenoxy) is 2. The maximum atomic E-state index is 13.3. The molecule has 4 rings (SSSR count). The average Bonchev–Trinajstić information content (AvgIpc) is 3.31. The number of benzene rings is 1. The van der Waals surface area contributed by atoms with Crippen LogP contribution in [0.3, 0.4) is 0 Å². The summed E-state index contributed by atoms with van der Waals surface area (Å²) < 4.78 is 52.9. The maximum absolute atomic E-state index is 13.3. The van der Waals surface area contributed by atoms with Crippen molar-refractivity contribution in [3.8, 4) is 5.75 Å². The summed E-state index contributed by atoms with van der Waals surface area (Å²) in [4.78, 5) is 21.2. The molecule has 2 atom stereocenters. The molecule has 12 heteroatoms. The Balaban J connectivity index is 1.56. The molecule has 2 fully saturated rings. The van der Waals surface area contributed by atoms with Crippen molar-refractivity contribution in [3.63, 3.8) is 0 Å². The lowest BCUT2D eigenvalue weighted by Crippen LogP contribution is -2.51. The number of urea groups is 1. The molecular formula is C23H29F3N4O5. The number of piperidine rings is 2. The molecule has 192 valence electrons. The zero-order chi connectivity index (χ0) is 25.0. The minimum absolute atomic E-state index is 0.173. The van der Waals surface area contributed by atoms with Gasteiger partial charge in [0.1, 0.15) is 5.75 Å². The quantitative estimate of drug-likeness (QED) is 0.652. The van der Waals surface area contributed by atoms with E-state index in [-0.39, 0.29) is 23.6 Å². The molecule has 9 nitrogen and oxygen atoms in total. The van der Waals surface area contributed by atoms with Gasteiger partial charge in [0.05, 0.1) is 18.6 Å². The van der Waals surface area contributed by atoms with Crippen LogP contribution in [-0.4, -0.2) is 83.4 Å². The van der Waals surface area contributed by atoms with Gasteiger partial charge in [-0.3, -0.25) is 0 Å². The zero-order valence-electron chi connectivity index (χ0n) is 19.4. The summed E-state index contributed by atoms with van der Waals surface area (Å²) in [6.45, 7) is 2.00. The van der Waals surface area contributed by atoms with E-state index < -0.39 is 12.5 Å².